The molecule has 0 spiro atoms. The molecule has 2 aliphatic carbocycles. The van der Waals surface area contributed by atoms with E-state index in [0.29, 0.717) is 56.0 Å². The number of carbonyl (C=O) groups excluding carboxylic acids is 4. The summed E-state index contributed by atoms with van der Waals surface area (Å²) in [5.41, 5.74) is 8.50. The number of β-amino-alcohol motifs (C(OH)–C–C–N with tert-alkyl or cyclic N) is 2. The SMILES string of the molecule is CC(C)(C)OC(=O)N1CC[C@@H](O)C1.COC(=O)/C=C/c1ccc(O)cc1.COC(=O)/C=C/c1ccc(OC2CCNC2)cc1.O=C(O)/C=C/c1ccc(OC2CCN(C(=O)c3ccc4c(c3)nc(-c3ccoc3)n4C3CCCCC3)C2)cc1.O=C(O)c1ccc2c(c1)nc(-c1ccoc1)n2C1CCCCC1.O[C@@H]1CCNC1. The molecule has 4 aromatic heterocycles. The van der Waals surface area contributed by atoms with E-state index in [1.54, 1.807) is 73.6 Å². The number of esters is 2. The highest BCUT2D eigenvalue weighted by Gasteiger charge is 2.32. The molecule has 26 heteroatoms. The molecule has 0 bridgehead atoms. The van der Waals surface area contributed by atoms with Crippen LogP contribution in [-0.2, 0) is 28.6 Å². The number of rotatable bonds is 16. The minimum atomic E-state index is -0.985. The average Bonchev–Trinajstić information content (AvgIpc) is 1.62. The van der Waals surface area contributed by atoms with Crippen molar-refractivity contribution in [3.8, 4) is 40.0 Å². The van der Waals surface area contributed by atoms with Gasteiger partial charge >= 0.3 is 30.0 Å². The van der Waals surface area contributed by atoms with Crippen LogP contribution in [0.25, 0.3) is 63.1 Å². The summed E-state index contributed by atoms with van der Waals surface area (Å²) in [6, 6.07) is 37.1. The number of hydrogen-bond acceptors (Lipinski definition) is 20. The van der Waals surface area contributed by atoms with Crippen molar-refractivity contribution in [2.45, 2.75) is 153 Å². The van der Waals surface area contributed by atoms with Crippen LogP contribution < -0.4 is 20.1 Å². The third-order valence-corrected chi connectivity index (χ3v) is 19.5. The van der Waals surface area contributed by atoms with E-state index >= 15 is 0 Å². The molecule has 26 nitrogen and oxygen atoms in total. The van der Waals surface area contributed by atoms with Gasteiger partial charge in [-0.1, -0.05) is 74.9 Å². The Balaban J connectivity index is 0.000000156. The van der Waals surface area contributed by atoms with Gasteiger partial charge in [-0.05, 0) is 199 Å². The van der Waals surface area contributed by atoms with E-state index in [-0.39, 0.29) is 53.7 Å². The van der Waals surface area contributed by atoms with Crippen molar-refractivity contribution in [1.29, 1.82) is 0 Å². The first kappa shape index (κ1) is 83.2. The molecular weight excluding hydrogens is 1430 g/mol. The standard InChI is InChI=1S/C31H31N3O5.C18H18N2O3.C14H17NO3.C10H10O3.C9H17NO3.C4H9NO/c35-29(36)13-8-21-6-10-25(11-7-21)39-26-14-16-33(19-26)31(37)22-9-12-28-27(18-22)32-30(23-15-17-38-20-23)34(28)24-4-2-1-3-5-24;21-18(22)12-6-7-16-15(10-12)19-17(13-8-9-23-11-13)20(16)14-4-2-1-3-5-14;1-17-14(16)7-4-11-2-5-12(6-3-11)18-13-8-9-15-10-13;1-13-10(12)7-4-8-2-5-9(11)6-3-8;1-9(2,3)13-8(12)10-5-4-7(11)6-10;6-4-1-2-5-3-4/h6-13,15,17-18,20,24,26H,1-5,14,16,19H2,(H,35,36);6-11,14H,1-5H2,(H,21,22);2-7,13,15H,8-10H2,1H3;2-7,11H,1H3;7,11H,4-6H2,1-3H3;4-6H,1-3H2/b13-8+;;2*7-4+;;/t;;;;7-;4-/m....11/s1. The molecule has 4 saturated heterocycles. The number of furan rings is 2. The Morgan fingerprint density at radius 3 is 1.43 bits per heavy atom. The Labute approximate surface area is 651 Å². The van der Waals surface area contributed by atoms with Crippen LogP contribution in [-0.4, -0.2) is 187 Å². The number of aliphatic hydroxyl groups excluding tert-OH is 2. The van der Waals surface area contributed by atoms with Crippen molar-refractivity contribution < 1.29 is 86.8 Å². The fourth-order valence-corrected chi connectivity index (χ4v) is 13.8. The Morgan fingerprint density at radius 1 is 0.518 bits per heavy atom. The van der Waals surface area contributed by atoms with Crippen molar-refractivity contribution in [3.63, 3.8) is 0 Å². The number of carbonyl (C=O) groups is 6. The van der Waals surface area contributed by atoms with Gasteiger partial charge in [-0.15, -0.1) is 0 Å². The lowest BCUT2D eigenvalue weighted by molar-refractivity contribution is -0.135. The maximum absolute atomic E-state index is 13.4. The minimum absolute atomic E-state index is 0.0192. The molecule has 4 atom stereocenters. The molecular formula is C86H102N8O18. The monoisotopic (exact) mass is 1530 g/mol. The number of phenols is 1. The molecule has 15 rings (SSSR count). The highest BCUT2D eigenvalue weighted by Crippen LogP contribution is 2.39. The Kier molecular flexibility index (Phi) is 30.5. The minimum Gasteiger partial charge on any atom is -0.508 e. The first-order chi connectivity index (χ1) is 54.1. The summed E-state index contributed by atoms with van der Waals surface area (Å²) in [6.45, 7) is 11.3. The predicted molar refractivity (Wildman–Crippen MR) is 425 cm³/mol. The number of hydrogen-bond donors (Lipinski definition) is 7. The van der Waals surface area contributed by atoms with Crippen LogP contribution in [0.4, 0.5) is 4.79 Å². The lowest BCUT2D eigenvalue weighted by atomic mass is 9.95. The molecule has 112 heavy (non-hydrogen) atoms. The van der Waals surface area contributed by atoms with Crippen molar-refractivity contribution in [1.82, 2.24) is 39.5 Å². The van der Waals surface area contributed by atoms with Gasteiger partial charge in [0.2, 0.25) is 0 Å². The van der Waals surface area contributed by atoms with E-state index in [0.717, 1.165) is 144 Å². The fourth-order valence-electron chi connectivity index (χ4n) is 13.8. The molecule has 6 fully saturated rings. The van der Waals surface area contributed by atoms with Crippen molar-refractivity contribution >= 4 is 76.2 Å². The number of aliphatic carboxylic acids is 1. The predicted octanol–water partition coefficient (Wildman–Crippen LogP) is 14.2. The number of nitrogens with zero attached hydrogens (tertiary/aromatic N) is 6. The van der Waals surface area contributed by atoms with Crippen molar-refractivity contribution in [2.24, 2.45) is 0 Å². The normalized spacial score (nSPS) is 18.5. The third-order valence-electron chi connectivity index (χ3n) is 19.5. The molecule has 8 heterocycles. The summed E-state index contributed by atoms with van der Waals surface area (Å²) in [6.07, 6.45) is 30.2. The van der Waals surface area contributed by atoms with E-state index < -0.39 is 23.5 Å². The second-order valence-corrected chi connectivity index (χ2v) is 29.1. The van der Waals surface area contributed by atoms with E-state index in [1.807, 2.05) is 111 Å². The molecule has 7 N–H and O–H groups in total. The first-order valence-corrected chi connectivity index (χ1v) is 38.2. The summed E-state index contributed by atoms with van der Waals surface area (Å²) in [4.78, 5) is 81.5. The molecule has 594 valence electrons. The number of phenolic OH excluding ortho intramolecular Hbond substituents is 1. The van der Waals surface area contributed by atoms with Gasteiger partial charge in [-0.3, -0.25) is 4.79 Å². The molecule has 5 aromatic carbocycles. The Morgan fingerprint density at radius 2 is 1.00 bits per heavy atom. The summed E-state index contributed by atoms with van der Waals surface area (Å²) in [5.74, 6) is 0.842. The number of aromatic nitrogens is 4. The number of carboxylic acids is 2. The van der Waals surface area contributed by atoms with Gasteiger partial charge in [0.1, 0.15) is 59.2 Å². The van der Waals surface area contributed by atoms with Gasteiger partial charge in [0.15, 0.2) is 0 Å². The van der Waals surface area contributed by atoms with Gasteiger partial charge in [0.05, 0.1) is 84.3 Å². The van der Waals surface area contributed by atoms with Gasteiger partial charge in [0.25, 0.3) is 5.91 Å². The maximum atomic E-state index is 13.4. The van der Waals surface area contributed by atoms with Crippen LogP contribution >= 0.6 is 0 Å². The van der Waals surface area contributed by atoms with Crippen LogP contribution in [0.15, 0.2) is 173 Å². The number of benzene rings is 5. The molecule has 6 aliphatic rings. The van der Waals surface area contributed by atoms with Crippen LogP contribution in [0.5, 0.6) is 17.2 Å². The number of ether oxygens (including phenoxy) is 5. The molecule has 2 saturated carbocycles. The average molecular weight is 1540 g/mol. The topological polar surface area (TPSA) is 342 Å². The quantitative estimate of drug-likeness (QED) is 0.0268. The number of aromatic carboxylic acids is 1. The van der Waals surface area contributed by atoms with Gasteiger partial charge < -0.3 is 87.6 Å². The third kappa shape index (κ3) is 24.8. The van der Waals surface area contributed by atoms with Crippen molar-refractivity contribution in [3.05, 3.63) is 192 Å². The lowest BCUT2D eigenvalue weighted by Crippen LogP contribution is -2.35. The number of methoxy groups -OCH3 is 2. The number of carboxylic acid groups (broad SMARTS) is 2. The number of likely N-dealkylation sites (tertiary alicyclic amines) is 2. The van der Waals surface area contributed by atoms with E-state index in [4.69, 9.17) is 48.3 Å². The zero-order chi connectivity index (χ0) is 79.5. The number of fused-ring (bicyclic) bond motifs is 2. The van der Waals surface area contributed by atoms with Crippen LogP contribution in [0.2, 0.25) is 0 Å². The number of amides is 2. The lowest BCUT2D eigenvalue weighted by Gasteiger charge is -2.25. The fraction of sp³-hybridized carbons (Fsp3) is 0.395. The molecule has 2 unspecified atom stereocenters. The molecule has 9 aromatic rings. The first-order valence-electron chi connectivity index (χ1n) is 38.2. The van der Waals surface area contributed by atoms with Crippen LogP contribution in [0.3, 0.4) is 0 Å². The van der Waals surface area contributed by atoms with E-state index in [2.05, 4.69) is 29.2 Å². The second-order valence-electron chi connectivity index (χ2n) is 29.1. The van der Waals surface area contributed by atoms with E-state index in [9.17, 15) is 39.0 Å². The summed E-state index contributed by atoms with van der Waals surface area (Å²) < 4.78 is 41.2. The van der Waals surface area contributed by atoms with Crippen LogP contribution in [0.1, 0.15) is 160 Å². The molecule has 2 amide bonds. The number of imidazole rings is 2. The van der Waals surface area contributed by atoms with Gasteiger partial charge in [0, 0.05) is 75.0 Å². The largest absolute Gasteiger partial charge is 0.508 e. The number of aromatic hydroxyl groups is 1. The maximum Gasteiger partial charge on any atom is 0.410 e. The second kappa shape index (κ2) is 41.1. The molecule has 0 radical (unpaired) electrons. The smallest absolute Gasteiger partial charge is 0.410 e. The zero-order valence-electron chi connectivity index (χ0n) is 64.1. The summed E-state index contributed by atoms with van der Waals surface area (Å²) >= 11 is 0. The summed E-state index contributed by atoms with van der Waals surface area (Å²) in [5, 5.41) is 51.1. The van der Waals surface area contributed by atoms with Crippen LogP contribution in [0, 0.1) is 0 Å². The Bertz CT molecular complexity index is 4590. The number of nitrogens with one attached hydrogen (secondary N) is 2. The molecule has 4 aliphatic heterocycles. The highest BCUT2D eigenvalue weighted by atomic mass is 16.6. The number of aliphatic hydroxyl groups is 2. The highest BCUT2D eigenvalue weighted by molar-refractivity contribution is 5.98. The van der Waals surface area contributed by atoms with Crippen molar-refractivity contribution in [2.75, 3.05) is 66.6 Å². The zero-order valence-corrected chi connectivity index (χ0v) is 64.1. The van der Waals surface area contributed by atoms with Gasteiger partial charge in [-0.2, -0.15) is 0 Å². The van der Waals surface area contributed by atoms with E-state index in [1.165, 1.54) is 75.9 Å². The van der Waals surface area contributed by atoms with Gasteiger partial charge in [-0.25, -0.2) is 33.9 Å². The summed E-state index contributed by atoms with van der Waals surface area (Å²) in [7, 11) is 2.68. The Hall–Kier alpha value is -11.3.